The minimum atomic E-state index is -3.67. The van der Waals surface area contributed by atoms with E-state index in [1.165, 1.54) is 37.9 Å². The molecule has 4 aromatic rings. The molecule has 4 aromatic carbocycles. The van der Waals surface area contributed by atoms with Crippen LogP contribution < -0.4 is 5.32 Å². The van der Waals surface area contributed by atoms with Gasteiger partial charge in [0, 0.05) is 13.7 Å². The van der Waals surface area contributed by atoms with Gasteiger partial charge in [-0.1, -0.05) is 54.6 Å². The molecule has 8 heteroatoms. The molecule has 0 aliphatic heterocycles. The number of aliphatic hydroxyl groups excluding tert-OH is 1. The fraction of sp³-hybridized carbons (Fsp3) is 0.304. The number of benzene rings is 4. The number of aliphatic hydroxyl groups is 1. The van der Waals surface area contributed by atoms with E-state index in [0.717, 1.165) is 0 Å². The van der Waals surface area contributed by atoms with Crippen molar-refractivity contribution >= 4 is 42.4 Å². The van der Waals surface area contributed by atoms with Gasteiger partial charge in [0.1, 0.15) is 0 Å². The van der Waals surface area contributed by atoms with E-state index in [1.54, 1.807) is 7.11 Å². The first-order chi connectivity index (χ1) is 14.1. The van der Waals surface area contributed by atoms with Gasteiger partial charge in [-0.3, -0.25) is 4.55 Å². The van der Waals surface area contributed by atoms with E-state index in [9.17, 15) is 13.5 Å². The first-order valence-corrected chi connectivity index (χ1v) is 11.4. The minimum absolute atomic E-state index is 0. The number of methoxy groups -OCH3 is 1. The SMILES string of the molecule is COCC(C)(CO)NCc1ccc2ccc3cccc4ccc1c2c34.CS(=O)(=O)O.O. The van der Waals surface area contributed by atoms with Crippen LogP contribution in [0.4, 0.5) is 0 Å². The maximum atomic E-state index is 9.69. The number of hydrogen-bond donors (Lipinski definition) is 3. The summed E-state index contributed by atoms with van der Waals surface area (Å²) < 4.78 is 31.1. The Balaban J connectivity index is 0.000000514. The monoisotopic (exact) mass is 447 g/mol. The maximum absolute atomic E-state index is 9.69. The molecule has 1 unspecified atom stereocenters. The van der Waals surface area contributed by atoms with Crippen LogP contribution >= 0.6 is 0 Å². The van der Waals surface area contributed by atoms with Crippen molar-refractivity contribution in [2.75, 3.05) is 26.6 Å². The second kappa shape index (κ2) is 9.86. The molecule has 1 atom stereocenters. The average Bonchev–Trinajstić information content (AvgIpc) is 2.70. The van der Waals surface area contributed by atoms with E-state index in [0.29, 0.717) is 19.4 Å². The van der Waals surface area contributed by atoms with Crippen molar-refractivity contribution in [2.24, 2.45) is 0 Å². The molecule has 0 radical (unpaired) electrons. The number of nitrogens with one attached hydrogen (secondary N) is 1. The summed E-state index contributed by atoms with van der Waals surface area (Å²) in [5.74, 6) is 0. The van der Waals surface area contributed by atoms with Crippen LogP contribution in [0.2, 0.25) is 0 Å². The molecule has 0 fully saturated rings. The lowest BCUT2D eigenvalue weighted by atomic mass is 9.91. The molecular formula is C23H29NO6S. The van der Waals surface area contributed by atoms with Crippen LogP contribution in [0.5, 0.6) is 0 Å². The van der Waals surface area contributed by atoms with Crippen molar-refractivity contribution in [1.82, 2.24) is 5.32 Å². The third-order valence-corrected chi connectivity index (χ3v) is 5.14. The Morgan fingerprint density at radius 1 is 0.968 bits per heavy atom. The van der Waals surface area contributed by atoms with Crippen LogP contribution in [-0.2, 0) is 21.4 Å². The summed E-state index contributed by atoms with van der Waals surface area (Å²) in [4.78, 5) is 0. The van der Waals surface area contributed by atoms with Crippen LogP contribution in [0.15, 0.2) is 54.6 Å². The predicted molar refractivity (Wildman–Crippen MR) is 125 cm³/mol. The van der Waals surface area contributed by atoms with Gasteiger partial charge < -0.3 is 20.6 Å². The maximum Gasteiger partial charge on any atom is 0.261 e. The molecule has 0 heterocycles. The van der Waals surface area contributed by atoms with Crippen molar-refractivity contribution in [2.45, 2.75) is 19.0 Å². The van der Waals surface area contributed by atoms with E-state index in [2.05, 4.69) is 59.9 Å². The molecule has 0 aliphatic rings. The highest BCUT2D eigenvalue weighted by Gasteiger charge is 2.23. The van der Waals surface area contributed by atoms with E-state index in [-0.39, 0.29) is 12.1 Å². The molecular weight excluding hydrogens is 418 g/mol. The third kappa shape index (κ3) is 5.88. The summed E-state index contributed by atoms with van der Waals surface area (Å²) in [5, 5.41) is 20.9. The van der Waals surface area contributed by atoms with Gasteiger partial charge in [-0.25, -0.2) is 0 Å². The summed E-state index contributed by atoms with van der Waals surface area (Å²) in [7, 11) is -2.01. The fourth-order valence-corrected chi connectivity index (χ4v) is 3.73. The Morgan fingerprint density at radius 2 is 1.48 bits per heavy atom. The Hall–Kier alpha value is -2.33. The van der Waals surface area contributed by atoms with Crippen molar-refractivity contribution in [3.63, 3.8) is 0 Å². The average molecular weight is 448 g/mol. The first-order valence-electron chi connectivity index (χ1n) is 9.58. The van der Waals surface area contributed by atoms with Crippen LogP contribution in [0.3, 0.4) is 0 Å². The predicted octanol–water partition coefficient (Wildman–Crippen LogP) is 2.75. The van der Waals surface area contributed by atoms with Gasteiger partial charge in [0.25, 0.3) is 10.1 Å². The van der Waals surface area contributed by atoms with E-state index < -0.39 is 15.7 Å². The summed E-state index contributed by atoms with van der Waals surface area (Å²) in [6.45, 7) is 3.17. The minimum Gasteiger partial charge on any atom is -0.412 e. The van der Waals surface area contributed by atoms with E-state index >= 15 is 0 Å². The zero-order valence-corrected chi connectivity index (χ0v) is 18.7. The highest BCUT2D eigenvalue weighted by molar-refractivity contribution is 7.85. The zero-order chi connectivity index (χ0) is 21.9. The highest BCUT2D eigenvalue weighted by Crippen LogP contribution is 2.35. The molecule has 0 saturated carbocycles. The van der Waals surface area contributed by atoms with Crippen LogP contribution in [-0.4, -0.2) is 55.7 Å². The second-order valence-corrected chi connectivity index (χ2v) is 9.29. The summed E-state index contributed by atoms with van der Waals surface area (Å²) in [6.07, 6.45) is 0.715. The summed E-state index contributed by atoms with van der Waals surface area (Å²) >= 11 is 0. The molecule has 0 bridgehead atoms. The third-order valence-electron chi connectivity index (χ3n) is 5.14. The highest BCUT2D eigenvalue weighted by atomic mass is 32.2. The molecule has 0 aromatic heterocycles. The van der Waals surface area contributed by atoms with Gasteiger partial charge in [0.15, 0.2) is 0 Å². The number of ether oxygens (including phenoxy) is 1. The number of rotatable bonds is 6. The molecule has 0 aliphatic carbocycles. The van der Waals surface area contributed by atoms with Gasteiger partial charge in [0.2, 0.25) is 0 Å². The molecule has 4 rings (SSSR count). The van der Waals surface area contributed by atoms with Crippen LogP contribution in [0, 0.1) is 0 Å². The molecule has 5 N–H and O–H groups in total. The van der Waals surface area contributed by atoms with Crippen molar-refractivity contribution in [3.05, 3.63) is 60.2 Å². The van der Waals surface area contributed by atoms with Gasteiger partial charge in [0.05, 0.1) is 25.0 Å². The molecule has 0 saturated heterocycles. The lowest BCUT2D eigenvalue weighted by molar-refractivity contribution is 0.0723. The Bertz CT molecular complexity index is 1230. The lowest BCUT2D eigenvalue weighted by Crippen LogP contribution is -2.49. The first kappa shape index (κ1) is 24.9. The standard InChI is InChI=1S/C22H23NO2.CH4O3S.H2O/c1-22(13-24,14-25-2)23-12-18-9-8-17-7-6-15-4-3-5-16-10-11-19(18)21(17)20(15)16;1-5(2,3)4;/h3-11,23-24H,12-14H2,1-2H3;1H3,(H,2,3,4);1H2. The second-order valence-electron chi connectivity index (χ2n) is 7.82. The quantitative estimate of drug-likeness (QED) is 0.308. The molecule has 7 nitrogen and oxygen atoms in total. The Kier molecular flexibility index (Phi) is 7.93. The van der Waals surface area contributed by atoms with Gasteiger partial charge in [-0.05, 0) is 44.8 Å². The normalized spacial score (nSPS) is 13.6. The Labute approximate surface area is 182 Å². The molecule has 0 amide bonds. The van der Waals surface area contributed by atoms with Crippen molar-refractivity contribution in [3.8, 4) is 0 Å². The zero-order valence-electron chi connectivity index (χ0n) is 17.8. The largest absolute Gasteiger partial charge is 0.412 e. The lowest BCUT2D eigenvalue weighted by Gasteiger charge is -2.28. The summed E-state index contributed by atoms with van der Waals surface area (Å²) in [6, 6.07) is 19.6. The smallest absolute Gasteiger partial charge is 0.261 e. The number of hydrogen-bond acceptors (Lipinski definition) is 5. The van der Waals surface area contributed by atoms with Gasteiger partial charge in [-0.15, -0.1) is 0 Å². The summed E-state index contributed by atoms with van der Waals surface area (Å²) in [5.41, 5.74) is 0.792. The van der Waals surface area contributed by atoms with Crippen LogP contribution in [0.1, 0.15) is 12.5 Å². The van der Waals surface area contributed by atoms with E-state index in [4.69, 9.17) is 9.29 Å². The van der Waals surface area contributed by atoms with Crippen molar-refractivity contribution < 1.29 is 28.3 Å². The fourth-order valence-electron chi connectivity index (χ4n) is 3.73. The molecule has 31 heavy (non-hydrogen) atoms. The molecule has 168 valence electrons. The molecule has 0 spiro atoms. The Morgan fingerprint density at radius 3 is 2.03 bits per heavy atom. The van der Waals surface area contributed by atoms with E-state index in [1.807, 2.05) is 6.92 Å². The topological polar surface area (TPSA) is 127 Å². The van der Waals surface area contributed by atoms with Gasteiger partial charge >= 0.3 is 0 Å². The van der Waals surface area contributed by atoms with Crippen LogP contribution in [0.25, 0.3) is 32.3 Å². The van der Waals surface area contributed by atoms with Crippen molar-refractivity contribution in [1.29, 1.82) is 0 Å². The van der Waals surface area contributed by atoms with Gasteiger partial charge in [-0.2, -0.15) is 8.42 Å².